The molecule has 1 aromatic carbocycles. The molecule has 1 fully saturated rings. The van der Waals surface area contributed by atoms with E-state index in [1.54, 1.807) is 24.3 Å². The van der Waals surface area contributed by atoms with Gasteiger partial charge < -0.3 is 10.5 Å². The molecule has 100 valence electrons. The number of rotatable bonds is 2. The van der Waals surface area contributed by atoms with Crippen molar-refractivity contribution in [3.63, 3.8) is 0 Å². The van der Waals surface area contributed by atoms with E-state index in [0.29, 0.717) is 11.3 Å². The molecule has 0 aliphatic heterocycles. The minimum Gasteiger partial charge on any atom is -0.444 e. The summed E-state index contributed by atoms with van der Waals surface area (Å²) < 4.78 is 5.32. The number of anilines is 1. The third-order valence-electron chi connectivity index (χ3n) is 3.25. The first kappa shape index (κ1) is 13.4. The minimum atomic E-state index is -0.516. The van der Waals surface area contributed by atoms with Gasteiger partial charge in [0.2, 0.25) is 0 Å². The van der Waals surface area contributed by atoms with Crippen LogP contribution in [0.2, 0.25) is 0 Å². The van der Waals surface area contributed by atoms with Crippen LogP contribution in [0.15, 0.2) is 24.3 Å². The highest BCUT2D eigenvalue weighted by Gasteiger charge is 2.25. The van der Waals surface area contributed by atoms with Crippen LogP contribution >= 0.6 is 0 Å². The van der Waals surface area contributed by atoms with E-state index < -0.39 is 6.09 Å². The molecule has 1 aliphatic carbocycles. The zero-order valence-corrected chi connectivity index (χ0v) is 10.6. The van der Waals surface area contributed by atoms with Crippen LogP contribution < -0.4 is 11.1 Å². The summed E-state index contributed by atoms with van der Waals surface area (Å²) in [6.07, 6.45) is 3.10. The van der Waals surface area contributed by atoms with Crippen LogP contribution in [-0.2, 0) is 4.74 Å². The average molecular weight is 259 g/mol. The number of hydrogen-bond donors (Lipinski definition) is 2. The summed E-state index contributed by atoms with van der Waals surface area (Å²) in [6.45, 7) is 0. The summed E-state index contributed by atoms with van der Waals surface area (Å²) >= 11 is 0. The van der Waals surface area contributed by atoms with Crippen LogP contribution in [0.4, 0.5) is 10.5 Å². The average Bonchev–Trinajstić information content (AvgIpc) is 2.41. The second-order valence-electron chi connectivity index (χ2n) is 4.71. The van der Waals surface area contributed by atoms with E-state index in [1.807, 2.05) is 6.07 Å². The van der Waals surface area contributed by atoms with Gasteiger partial charge in [-0.15, -0.1) is 0 Å². The molecule has 5 nitrogen and oxygen atoms in total. The predicted octanol–water partition coefficient (Wildman–Crippen LogP) is 2.38. The Balaban J connectivity index is 1.91. The molecule has 0 spiro atoms. The SMILES string of the molecule is N#Cc1cccc(NC(=O)OC2CCCCC2N)c1. The zero-order chi connectivity index (χ0) is 13.7. The second kappa shape index (κ2) is 6.21. The van der Waals surface area contributed by atoms with Gasteiger partial charge in [0, 0.05) is 11.7 Å². The summed E-state index contributed by atoms with van der Waals surface area (Å²) in [5.74, 6) is 0. The first-order valence-electron chi connectivity index (χ1n) is 6.42. The van der Waals surface area contributed by atoms with Crippen LogP contribution in [-0.4, -0.2) is 18.2 Å². The topological polar surface area (TPSA) is 88.1 Å². The summed E-state index contributed by atoms with van der Waals surface area (Å²) in [7, 11) is 0. The molecule has 5 heteroatoms. The lowest BCUT2D eigenvalue weighted by molar-refractivity contribution is 0.0728. The predicted molar refractivity (Wildman–Crippen MR) is 71.5 cm³/mol. The highest BCUT2D eigenvalue weighted by Crippen LogP contribution is 2.20. The number of hydrogen-bond acceptors (Lipinski definition) is 4. The Bertz CT molecular complexity index is 496. The van der Waals surface area contributed by atoms with Gasteiger partial charge in [-0.25, -0.2) is 4.79 Å². The number of nitrogens with one attached hydrogen (secondary N) is 1. The molecule has 3 N–H and O–H groups in total. The Hall–Kier alpha value is -2.06. The minimum absolute atomic E-state index is 0.0788. The number of nitrogens with two attached hydrogens (primary N) is 1. The molecule has 1 aromatic rings. The van der Waals surface area contributed by atoms with Crippen molar-refractivity contribution in [3.8, 4) is 6.07 Å². The molecule has 1 amide bonds. The van der Waals surface area contributed by atoms with E-state index in [9.17, 15) is 4.79 Å². The maximum Gasteiger partial charge on any atom is 0.411 e. The standard InChI is InChI=1S/C14H17N3O2/c15-9-10-4-3-5-11(8-10)17-14(18)19-13-7-2-1-6-12(13)16/h3-5,8,12-13H,1-2,6-7,16H2,(H,17,18). The molecule has 0 radical (unpaired) electrons. The van der Waals surface area contributed by atoms with Gasteiger partial charge >= 0.3 is 6.09 Å². The summed E-state index contributed by atoms with van der Waals surface area (Å²) in [4.78, 5) is 11.8. The van der Waals surface area contributed by atoms with Gasteiger partial charge in [-0.05, 0) is 37.5 Å². The van der Waals surface area contributed by atoms with Crippen molar-refractivity contribution in [2.75, 3.05) is 5.32 Å². The molecule has 1 saturated carbocycles. The van der Waals surface area contributed by atoms with Crippen molar-refractivity contribution in [2.45, 2.75) is 37.8 Å². The summed E-state index contributed by atoms with van der Waals surface area (Å²) in [5.41, 5.74) is 6.96. The van der Waals surface area contributed by atoms with Gasteiger partial charge in [-0.1, -0.05) is 12.5 Å². The van der Waals surface area contributed by atoms with Gasteiger partial charge in [-0.2, -0.15) is 5.26 Å². The number of carbonyl (C=O) groups excluding carboxylic acids is 1. The molecule has 2 rings (SSSR count). The molecule has 0 bridgehead atoms. The van der Waals surface area contributed by atoms with Crippen molar-refractivity contribution in [1.29, 1.82) is 5.26 Å². The van der Waals surface area contributed by atoms with Crippen molar-refractivity contribution in [2.24, 2.45) is 5.73 Å². The number of amides is 1. The Morgan fingerprint density at radius 1 is 1.42 bits per heavy atom. The highest BCUT2D eigenvalue weighted by atomic mass is 16.6. The van der Waals surface area contributed by atoms with Crippen LogP contribution in [0.5, 0.6) is 0 Å². The van der Waals surface area contributed by atoms with E-state index >= 15 is 0 Å². The van der Waals surface area contributed by atoms with Crippen LogP contribution in [0, 0.1) is 11.3 Å². The van der Waals surface area contributed by atoms with Gasteiger partial charge in [-0.3, -0.25) is 5.32 Å². The van der Waals surface area contributed by atoms with Crippen molar-refractivity contribution >= 4 is 11.8 Å². The highest BCUT2D eigenvalue weighted by molar-refractivity contribution is 5.84. The van der Waals surface area contributed by atoms with Gasteiger partial charge in [0.05, 0.1) is 11.6 Å². The first-order chi connectivity index (χ1) is 9.19. The largest absolute Gasteiger partial charge is 0.444 e. The van der Waals surface area contributed by atoms with Gasteiger partial charge in [0.1, 0.15) is 6.10 Å². The maximum absolute atomic E-state index is 11.8. The van der Waals surface area contributed by atoms with Crippen molar-refractivity contribution in [1.82, 2.24) is 0 Å². The lowest BCUT2D eigenvalue weighted by Gasteiger charge is -2.28. The fraction of sp³-hybridized carbons (Fsp3) is 0.429. The summed E-state index contributed by atoms with van der Waals surface area (Å²) in [5, 5.41) is 11.4. The Kier molecular flexibility index (Phi) is 4.37. The number of nitrogens with zero attached hydrogens (tertiary/aromatic N) is 1. The van der Waals surface area contributed by atoms with E-state index in [0.717, 1.165) is 25.7 Å². The number of benzene rings is 1. The Labute approximate surface area is 112 Å². The third kappa shape index (κ3) is 3.70. The number of ether oxygens (including phenoxy) is 1. The summed E-state index contributed by atoms with van der Waals surface area (Å²) in [6, 6.07) is 8.63. The van der Waals surface area contributed by atoms with E-state index in [1.165, 1.54) is 0 Å². The molecule has 1 aliphatic rings. The second-order valence-corrected chi connectivity index (χ2v) is 4.71. The lowest BCUT2D eigenvalue weighted by atomic mass is 9.93. The first-order valence-corrected chi connectivity index (χ1v) is 6.42. The molecule has 0 saturated heterocycles. The number of carbonyl (C=O) groups is 1. The molecule has 19 heavy (non-hydrogen) atoms. The Morgan fingerprint density at radius 3 is 2.95 bits per heavy atom. The van der Waals surface area contributed by atoms with Gasteiger partial charge in [0.25, 0.3) is 0 Å². The fourth-order valence-electron chi connectivity index (χ4n) is 2.22. The Morgan fingerprint density at radius 2 is 2.21 bits per heavy atom. The molecule has 2 unspecified atom stereocenters. The quantitative estimate of drug-likeness (QED) is 0.853. The maximum atomic E-state index is 11.8. The van der Waals surface area contributed by atoms with Crippen molar-refractivity contribution in [3.05, 3.63) is 29.8 Å². The van der Waals surface area contributed by atoms with E-state index in [4.69, 9.17) is 15.7 Å². The normalized spacial score (nSPS) is 22.3. The van der Waals surface area contributed by atoms with Gasteiger partial charge in [0.15, 0.2) is 0 Å². The van der Waals surface area contributed by atoms with E-state index in [-0.39, 0.29) is 12.1 Å². The molecular weight excluding hydrogens is 242 g/mol. The molecule has 2 atom stereocenters. The van der Waals surface area contributed by atoms with Crippen LogP contribution in [0.3, 0.4) is 0 Å². The zero-order valence-electron chi connectivity index (χ0n) is 10.6. The van der Waals surface area contributed by atoms with Crippen molar-refractivity contribution < 1.29 is 9.53 Å². The van der Waals surface area contributed by atoms with Crippen LogP contribution in [0.1, 0.15) is 31.2 Å². The lowest BCUT2D eigenvalue weighted by Crippen LogP contribution is -2.41. The molecular formula is C14H17N3O2. The smallest absolute Gasteiger partial charge is 0.411 e. The molecule has 0 aromatic heterocycles. The number of nitriles is 1. The third-order valence-corrected chi connectivity index (χ3v) is 3.25. The van der Waals surface area contributed by atoms with E-state index in [2.05, 4.69) is 5.32 Å². The molecule has 0 heterocycles. The monoisotopic (exact) mass is 259 g/mol. The van der Waals surface area contributed by atoms with Crippen LogP contribution in [0.25, 0.3) is 0 Å². The fourth-order valence-corrected chi connectivity index (χ4v) is 2.22.